The summed E-state index contributed by atoms with van der Waals surface area (Å²) < 4.78 is 45.1. The predicted molar refractivity (Wildman–Crippen MR) is 113 cm³/mol. The molecule has 1 unspecified atom stereocenters. The summed E-state index contributed by atoms with van der Waals surface area (Å²) in [5.41, 5.74) is -1.07. The van der Waals surface area contributed by atoms with Crippen LogP contribution in [0.4, 0.5) is 13.2 Å². The lowest BCUT2D eigenvalue weighted by Crippen LogP contribution is -2.35. The summed E-state index contributed by atoms with van der Waals surface area (Å²) >= 11 is 0. The van der Waals surface area contributed by atoms with E-state index in [0.29, 0.717) is 36.5 Å². The number of aromatic nitrogens is 3. The number of nitrogens with zero attached hydrogens (tertiary/aromatic N) is 3. The van der Waals surface area contributed by atoms with Crippen LogP contribution in [0.15, 0.2) is 54.7 Å². The molecule has 0 saturated heterocycles. The van der Waals surface area contributed by atoms with Gasteiger partial charge in [0.05, 0.1) is 11.0 Å². The third-order valence-corrected chi connectivity index (χ3v) is 5.50. The smallest absolute Gasteiger partial charge is 0.196 e. The van der Waals surface area contributed by atoms with Crippen molar-refractivity contribution in [3.8, 4) is 0 Å². The molecule has 4 aromatic rings. The maximum absolute atomic E-state index is 14.9. The maximum Gasteiger partial charge on any atom is 0.196 e. The average Bonchev–Trinajstić information content (AvgIpc) is 3.16. The summed E-state index contributed by atoms with van der Waals surface area (Å²) in [5, 5.41) is 21.0. The first-order valence-corrected chi connectivity index (χ1v) is 10.3. The fourth-order valence-corrected chi connectivity index (χ4v) is 3.99. The number of aliphatic hydroxyl groups excluding tert-OH is 1. The van der Waals surface area contributed by atoms with E-state index in [-0.39, 0.29) is 18.0 Å². The Bertz CT molecular complexity index is 1270. The van der Waals surface area contributed by atoms with Crippen LogP contribution in [0.3, 0.4) is 0 Å². The van der Waals surface area contributed by atoms with Crippen molar-refractivity contribution >= 4 is 11.0 Å². The molecule has 2 heterocycles. The Balaban J connectivity index is 2.03. The van der Waals surface area contributed by atoms with Crippen LogP contribution in [-0.4, -0.2) is 31.4 Å². The van der Waals surface area contributed by atoms with E-state index in [2.05, 4.69) is 9.97 Å². The quantitative estimate of drug-likeness (QED) is 0.454. The number of aryl methyl sites for hydroxylation is 2. The molecule has 2 aromatic heterocycles. The molecule has 0 aliphatic carbocycles. The Morgan fingerprint density at radius 3 is 2.53 bits per heavy atom. The average molecular weight is 441 g/mol. The van der Waals surface area contributed by atoms with Gasteiger partial charge in [-0.2, -0.15) is 0 Å². The van der Waals surface area contributed by atoms with Gasteiger partial charge in [-0.05, 0) is 61.7 Å². The second-order valence-electron chi connectivity index (χ2n) is 7.50. The van der Waals surface area contributed by atoms with Crippen LogP contribution in [0.5, 0.6) is 0 Å². The van der Waals surface area contributed by atoms with Gasteiger partial charge in [0.1, 0.15) is 23.1 Å². The molecule has 0 bridgehead atoms. The number of hydrogen-bond donors (Lipinski definition) is 2. The van der Waals surface area contributed by atoms with Crippen molar-refractivity contribution in [3.63, 3.8) is 0 Å². The van der Waals surface area contributed by atoms with Crippen molar-refractivity contribution in [3.05, 3.63) is 94.8 Å². The van der Waals surface area contributed by atoms with Gasteiger partial charge in [0.25, 0.3) is 0 Å². The topological polar surface area (TPSA) is 71.2 Å². The van der Waals surface area contributed by atoms with Crippen LogP contribution >= 0.6 is 0 Å². The van der Waals surface area contributed by atoms with Crippen molar-refractivity contribution in [2.75, 3.05) is 6.61 Å². The Labute approximate surface area is 182 Å². The minimum atomic E-state index is -2.41. The van der Waals surface area contributed by atoms with Crippen molar-refractivity contribution < 1.29 is 23.4 Å². The molecule has 0 saturated carbocycles. The third kappa shape index (κ3) is 3.65. The monoisotopic (exact) mass is 441 g/mol. The minimum absolute atomic E-state index is 0.0302. The lowest BCUT2D eigenvalue weighted by atomic mass is 9.88. The number of rotatable bonds is 7. The molecule has 166 valence electrons. The molecular formula is C24H22F3N3O2. The van der Waals surface area contributed by atoms with Crippen LogP contribution in [0, 0.1) is 17.5 Å². The first-order chi connectivity index (χ1) is 15.4. The summed E-state index contributed by atoms with van der Waals surface area (Å²) in [4.78, 5) is 8.53. The molecule has 5 nitrogen and oxygen atoms in total. The molecule has 32 heavy (non-hydrogen) atoms. The number of pyridine rings is 1. The zero-order valence-corrected chi connectivity index (χ0v) is 17.4. The standard InChI is InChI=1S/C24H22F3N3O2/c1-2-30-21-13-15(5-4-12-31)7-10-20(21)29-23(30)24(32,22-18(26)6-3-11-28-22)17-9-8-16(25)14-19(17)27/h3,6-11,13-14,31-32H,2,4-5,12H2,1H3. The SMILES string of the molecule is CCn1c(C(O)(c2ccc(F)cc2F)c2ncccc2F)nc2ccc(CCCO)cc21. The van der Waals surface area contributed by atoms with E-state index in [1.165, 1.54) is 12.3 Å². The second kappa shape index (κ2) is 8.72. The van der Waals surface area contributed by atoms with Crippen molar-refractivity contribution in [2.24, 2.45) is 0 Å². The van der Waals surface area contributed by atoms with E-state index in [0.717, 1.165) is 23.8 Å². The van der Waals surface area contributed by atoms with Gasteiger partial charge in [-0.15, -0.1) is 0 Å². The van der Waals surface area contributed by atoms with Gasteiger partial charge in [-0.25, -0.2) is 18.2 Å². The number of aliphatic hydroxyl groups is 2. The van der Waals surface area contributed by atoms with E-state index in [9.17, 15) is 18.3 Å². The van der Waals surface area contributed by atoms with E-state index < -0.39 is 28.7 Å². The lowest BCUT2D eigenvalue weighted by molar-refractivity contribution is 0.0981. The summed E-state index contributed by atoms with van der Waals surface area (Å²) in [7, 11) is 0. The fraction of sp³-hybridized carbons (Fsp3) is 0.250. The van der Waals surface area contributed by atoms with Crippen LogP contribution in [-0.2, 0) is 18.6 Å². The van der Waals surface area contributed by atoms with Crippen LogP contribution in [0.1, 0.15) is 36.0 Å². The first kappa shape index (κ1) is 22.0. The number of halogens is 3. The number of hydrogen-bond acceptors (Lipinski definition) is 4. The second-order valence-corrected chi connectivity index (χ2v) is 7.50. The molecule has 0 spiro atoms. The Kier molecular flexibility index (Phi) is 5.99. The van der Waals surface area contributed by atoms with Gasteiger partial charge in [-0.3, -0.25) is 4.98 Å². The zero-order chi connectivity index (χ0) is 22.9. The summed E-state index contributed by atoms with van der Waals surface area (Å²) in [6, 6.07) is 10.7. The molecule has 0 radical (unpaired) electrons. The summed E-state index contributed by atoms with van der Waals surface area (Å²) in [6.45, 7) is 2.22. The van der Waals surface area contributed by atoms with E-state index in [1.807, 2.05) is 19.1 Å². The van der Waals surface area contributed by atoms with Crippen LogP contribution < -0.4 is 0 Å². The van der Waals surface area contributed by atoms with Gasteiger partial charge in [-0.1, -0.05) is 6.07 Å². The minimum Gasteiger partial charge on any atom is -0.396 e. The van der Waals surface area contributed by atoms with Crippen molar-refractivity contribution in [2.45, 2.75) is 31.9 Å². The maximum atomic E-state index is 14.9. The molecular weight excluding hydrogens is 419 g/mol. The first-order valence-electron chi connectivity index (χ1n) is 10.3. The predicted octanol–water partition coefficient (Wildman–Crippen LogP) is 4.08. The van der Waals surface area contributed by atoms with Gasteiger partial charge in [0.15, 0.2) is 11.4 Å². The molecule has 0 amide bonds. The van der Waals surface area contributed by atoms with E-state index >= 15 is 0 Å². The summed E-state index contributed by atoms with van der Waals surface area (Å²) in [5.74, 6) is -2.75. The van der Waals surface area contributed by atoms with E-state index in [4.69, 9.17) is 5.11 Å². The van der Waals surface area contributed by atoms with Crippen LogP contribution in [0.25, 0.3) is 11.0 Å². The number of fused-ring (bicyclic) bond motifs is 1. The number of benzene rings is 2. The summed E-state index contributed by atoms with van der Waals surface area (Å²) in [6.07, 6.45) is 2.52. The molecule has 2 N–H and O–H groups in total. The zero-order valence-electron chi connectivity index (χ0n) is 17.4. The normalized spacial score (nSPS) is 13.4. The molecule has 0 fully saturated rings. The Morgan fingerprint density at radius 2 is 1.84 bits per heavy atom. The highest BCUT2D eigenvalue weighted by Crippen LogP contribution is 2.39. The Hall–Kier alpha value is -3.23. The highest BCUT2D eigenvalue weighted by Gasteiger charge is 2.44. The van der Waals surface area contributed by atoms with E-state index in [1.54, 1.807) is 10.6 Å². The van der Waals surface area contributed by atoms with Crippen molar-refractivity contribution in [1.29, 1.82) is 0 Å². The van der Waals surface area contributed by atoms with Gasteiger partial charge in [0, 0.05) is 31.0 Å². The fourth-order valence-electron chi connectivity index (χ4n) is 3.99. The lowest BCUT2D eigenvalue weighted by Gasteiger charge is -2.29. The highest BCUT2D eigenvalue weighted by molar-refractivity contribution is 5.77. The Morgan fingerprint density at radius 1 is 1.03 bits per heavy atom. The highest BCUT2D eigenvalue weighted by atomic mass is 19.1. The molecule has 2 aromatic carbocycles. The van der Waals surface area contributed by atoms with Gasteiger partial charge in [0.2, 0.25) is 0 Å². The van der Waals surface area contributed by atoms with Crippen LogP contribution in [0.2, 0.25) is 0 Å². The number of imidazole rings is 1. The van der Waals surface area contributed by atoms with Crippen molar-refractivity contribution in [1.82, 2.24) is 14.5 Å². The molecule has 4 rings (SSSR count). The molecule has 8 heteroatoms. The third-order valence-electron chi connectivity index (χ3n) is 5.50. The van der Waals surface area contributed by atoms with Gasteiger partial charge >= 0.3 is 0 Å². The molecule has 1 atom stereocenters. The molecule has 0 aliphatic rings. The molecule has 0 aliphatic heterocycles. The van der Waals surface area contributed by atoms with Gasteiger partial charge < -0.3 is 14.8 Å². The largest absolute Gasteiger partial charge is 0.396 e.